The predicted molar refractivity (Wildman–Crippen MR) is 111 cm³/mol. The average molecular weight is 426 g/mol. The topological polar surface area (TPSA) is 37.6 Å². The molecule has 2 aromatic carbocycles. The van der Waals surface area contributed by atoms with E-state index >= 15 is 0 Å². The van der Waals surface area contributed by atoms with Gasteiger partial charge in [-0.2, -0.15) is 0 Å². The van der Waals surface area contributed by atoms with E-state index in [0.717, 1.165) is 20.5 Å². The molecule has 0 amide bonds. The van der Waals surface area contributed by atoms with Gasteiger partial charge in [0.1, 0.15) is 13.3 Å². The number of rotatable bonds is 3. The minimum Gasteiger partial charge on any atom is -0.334 e. The van der Waals surface area contributed by atoms with Gasteiger partial charge in [0.2, 0.25) is 0 Å². The Morgan fingerprint density at radius 1 is 1.12 bits per heavy atom. The number of hydrogen-bond acceptors (Lipinski definition) is 4. The van der Waals surface area contributed by atoms with Crippen molar-refractivity contribution in [2.45, 2.75) is 6.67 Å². The zero-order chi connectivity index (χ0) is 17.9. The molecule has 0 spiro atoms. The number of nitrogens with zero attached hydrogens (tertiary/aromatic N) is 3. The molecule has 0 fully saturated rings. The van der Waals surface area contributed by atoms with E-state index in [-0.39, 0.29) is 5.56 Å². The monoisotopic (exact) mass is 425 g/mol. The number of aromatic nitrogens is 1. The molecule has 0 N–H and O–H groups in total. The van der Waals surface area contributed by atoms with E-state index in [0.29, 0.717) is 17.9 Å². The maximum Gasteiger partial charge on any atom is 0.271 e. The highest BCUT2D eigenvalue weighted by molar-refractivity contribution is 9.10. The van der Waals surface area contributed by atoms with E-state index in [9.17, 15) is 4.79 Å². The number of allylic oxidation sites excluding steroid dienone is 1. The number of fused-ring (bicyclic) bond motifs is 1. The second-order valence-corrected chi connectivity index (χ2v) is 7.80. The molecule has 0 saturated heterocycles. The van der Waals surface area contributed by atoms with E-state index in [1.165, 1.54) is 11.3 Å². The molecule has 1 aliphatic rings. The number of hydrogen-bond donors (Lipinski definition) is 0. The molecule has 130 valence electrons. The Kier molecular flexibility index (Phi) is 4.86. The lowest BCUT2D eigenvalue weighted by Gasteiger charge is -2.25. The van der Waals surface area contributed by atoms with Gasteiger partial charge in [0.25, 0.3) is 5.56 Å². The van der Waals surface area contributed by atoms with Crippen molar-refractivity contribution in [3.63, 3.8) is 0 Å². The minimum absolute atomic E-state index is 0.00570. The van der Waals surface area contributed by atoms with Gasteiger partial charge >= 0.3 is 0 Å². The zero-order valence-corrected chi connectivity index (χ0v) is 16.3. The van der Waals surface area contributed by atoms with E-state index in [2.05, 4.69) is 25.8 Å². The first kappa shape index (κ1) is 17.0. The Hall–Kier alpha value is -2.44. The number of thiazole rings is 1. The van der Waals surface area contributed by atoms with Crippen LogP contribution in [0.3, 0.4) is 0 Å². The summed E-state index contributed by atoms with van der Waals surface area (Å²) in [5.74, 6) is 0. The van der Waals surface area contributed by atoms with E-state index < -0.39 is 0 Å². The highest BCUT2D eigenvalue weighted by Crippen LogP contribution is 2.20. The molecule has 0 aliphatic carbocycles. The lowest BCUT2D eigenvalue weighted by molar-refractivity contribution is 0.569. The fraction of sp³-hybridized carbons (Fsp3) is 0.100. The summed E-state index contributed by atoms with van der Waals surface area (Å²) < 4.78 is 3.45. The van der Waals surface area contributed by atoms with Gasteiger partial charge in [-0.15, -0.1) is 0 Å². The van der Waals surface area contributed by atoms with Crippen molar-refractivity contribution in [2.24, 2.45) is 4.99 Å². The fourth-order valence-electron chi connectivity index (χ4n) is 2.77. The summed E-state index contributed by atoms with van der Waals surface area (Å²) >= 11 is 4.93. The van der Waals surface area contributed by atoms with Crippen LogP contribution in [0, 0.1) is 0 Å². The first-order chi connectivity index (χ1) is 12.7. The van der Waals surface area contributed by atoms with Crippen LogP contribution in [-0.2, 0) is 6.67 Å². The normalized spacial score (nSPS) is 14.5. The quantitative estimate of drug-likeness (QED) is 0.645. The summed E-state index contributed by atoms with van der Waals surface area (Å²) in [5.41, 5.74) is 2.16. The van der Waals surface area contributed by atoms with E-state index in [1.54, 1.807) is 4.57 Å². The van der Waals surface area contributed by atoms with Crippen LogP contribution < -0.4 is 19.8 Å². The highest BCUT2D eigenvalue weighted by atomic mass is 79.9. The van der Waals surface area contributed by atoms with E-state index in [1.807, 2.05) is 72.8 Å². The first-order valence-electron chi connectivity index (χ1n) is 8.19. The largest absolute Gasteiger partial charge is 0.334 e. The minimum atomic E-state index is 0.00570. The van der Waals surface area contributed by atoms with Crippen LogP contribution >= 0.6 is 27.3 Å². The van der Waals surface area contributed by atoms with Crippen molar-refractivity contribution < 1.29 is 0 Å². The van der Waals surface area contributed by atoms with Gasteiger partial charge in [-0.25, -0.2) is 4.99 Å². The predicted octanol–water partition coefficient (Wildman–Crippen LogP) is 3.22. The standard InChI is InChI=1S/C20H16BrN3OS/c21-16-9-5-10-17(12-16)23-13-22-20-24(14-23)19(25)18(26-20)11-4-8-15-6-2-1-3-7-15/h1-12H,13-14H2/b8-4+,18-11-. The molecule has 0 unspecified atom stereocenters. The van der Waals surface area contributed by atoms with Gasteiger partial charge < -0.3 is 4.90 Å². The summed E-state index contributed by atoms with van der Waals surface area (Å²) in [6, 6.07) is 18.1. The van der Waals surface area contributed by atoms with Crippen LogP contribution in [0.4, 0.5) is 5.69 Å². The van der Waals surface area contributed by atoms with Gasteiger partial charge in [-0.05, 0) is 29.8 Å². The third-order valence-electron chi connectivity index (χ3n) is 4.09. The number of anilines is 1. The second-order valence-electron chi connectivity index (χ2n) is 5.88. The lowest BCUT2D eigenvalue weighted by atomic mass is 10.2. The molecular weight excluding hydrogens is 410 g/mol. The zero-order valence-electron chi connectivity index (χ0n) is 13.9. The Balaban J connectivity index is 1.62. The molecular formula is C20H16BrN3OS. The SMILES string of the molecule is O=c1/c(=C/C=C/c2ccccc2)sc2n1CN(c1cccc(Br)c1)CN=2. The summed E-state index contributed by atoms with van der Waals surface area (Å²) in [5, 5.41) is 0. The van der Waals surface area contributed by atoms with Gasteiger partial charge in [-0.1, -0.05) is 75.8 Å². The molecule has 1 aromatic heterocycles. The summed E-state index contributed by atoms with van der Waals surface area (Å²) in [6.07, 6.45) is 5.78. The van der Waals surface area contributed by atoms with E-state index in [4.69, 9.17) is 0 Å². The van der Waals surface area contributed by atoms with Gasteiger partial charge in [0, 0.05) is 10.2 Å². The third kappa shape index (κ3) is 3.57. The molecule has 4 nitrogen and oxygen atoms in total. The molecule has 1 aliphatic heterocycles. The average Bonchev–Trinajstić information content (AvgIpc) is 2.98. The van der Waals surface area contributed by atoms with Crippen LogP contribution in [0.15, 0.2) is 74.9 Å². The smallest absolute Gasteiger partial charge is 0.271 e. The summed E-state index contributed by atoms with van der Waals surface area (Å²) in [7, 11) is 0. The van der Waals surface area contributed by atoms with Crippen molar-refractivity contribution in [3.8, 4) is 0 Å². The summed E-state index contributed by atoms with van der Waals surface area (Å²) in [6.45, 7) is 1.07. The number of halogens is 1. The number of benzene rings is 2. The first-order valence-corrected chi connectivity index (χ1v) is 9.80. The van der Waals surface area contributed by atoms with Crippen LogP contribution in [0.5, 0.6) is 0 Å². The van der Waals surface area contributed by atoms with Crippen LogP contribution in [0.25, 0.3) is 12.2 Å². The molecule has 26 heavy (non-hydrogen) atoms. The Labute approximate surface area is 163 Å². The molecule has 6 heteroatoms. The van der Waals surface area contributed by atoms with Crippen molar-refractivity contribution in [3.05, 3.63) is 90.4 Å². The van der Waals surface area contributed by atoms with Gasteiger partial charge in [0.15, 0.2) is 4.80 Å². The lowest BCUT2D eigenvalue weighted by Crippen LogP contribution is -2.42. The summed E-state index contributed by atoms with van der Waals surface area (Å²) in [4.78, 5) is 20.1. The molecule has 4 rings (SSSR count). The molecule has 3 aromatic rings. The van der Waals surface area contributed by atoms with Crippen molar-refractivity contribution in [2.75, 3.05) is 11.6 Å². The maximum atomic E-state index is 12.7. The van der Waals surface area contributed by atoms with Crippen molar-refractivity contribution in [1.29, 1.82) is 0 Å². The Bertz CT molecular complexity index is 1130. The van der Waals surface area contributed by atoms with Gasteiger partial charge in [-0.3, -0.25) is 9.36 Å². The highest BCUT2D eigenvalue weighted by Gasteiger charge is 2.15. The third-order valence-corrected chi connectivity index (χ3v) is 5.64. The van der Waals surface area contributed by atoms with Crippen LogP contribution in [0.1, 0.15) is 5.56 Å². The molecule has 0 atom stereocenters. The fourth-order valence-corrected chi connectivity index (χ4v) is 4.07. The molecule has 0 saturated carbocycles. The molecule has 2 heterocycles. The Morgan fingerprint density at radius 2 is 1.96 bits per heavy atom. The second kappa shape index (κ2) is 7.43. The van der Waals surface area contributed by atoms with Crippen molar-refractivity contribution >= 4 is 45.1 Å². The maximum absolute atomic E-state index is 12.7. The molecule has 0 radical (unpaired) electrons. The van der Waals surface area contributed by atoms with Crippen LogP contribution in [0.2, 0.25) is 0 Å². The van der Waals surface area contributed by atoms with Crippen LogP contribution in [-0.4, -0.2) is 11.2 Å². The Morgan fingerprint density at radius 3 is 2.77 bits per heavy atom. The van der Waals surface area contributed by atoms with Gasteiger partial charge in [0.05, 0.1) is 4.53 Å². The molecule has 0 bridgehead atoms. The van der Waals surface area contributed by atoms with Crippen molar-refractivity contribution in [1.82, 2.24) is 4.57 Å².